The van der Waals surface area contributed by atoms with Gasteiger partial charge in [-0.15, -0.1) is 0 Å². The van der Waals surface area contributed by atoms with Crippen LogP contribution < -0.4 is 5.32 Å². The number of nitrogens with zero attached hydrogens (tertiary/aromatic N) is 1. The van der Waals surface area contributed by atoms with Gasteiger partial charge < -0.3 is 10.4 Å². The molecule has 2 aromatic rings. The standard InChI is InChI=1S/C12H12N2O2/c1-7-10-4-3-8(12(15)16)5-9(10)6-11(13-2)14-7/h3-6H,1-2H3,(H,13,14)(H,15,16). The molecule has 0 unspecified atom stereocenters. The number of nitrogens with one attached hydrogen (secondary N) is 1. The Labute approximate surface area is 92.9 Å². The highest BCUT2D eigenvalue weighted by molar-refractivity contribution is 5.95. The van der Waals surface area contributed by atoms with Crippen molar-refractivity contribution in [3.8, 4) is 0 Å². The molecule has 0 aliphatic heterocycles. The zero-order valence-electron chi connectivity index (χ0n) is 9.11. The van der Waals surface area contributed by atoms with E-state index in [4.69, 9.17) is 5.11 Å². The number of carboxylic acids is 1. The van der Waals surface area contributed by atoms with Gasteiger partial charge in [-0.2, -0.15) is 0 Å². The summed E-state index contributed by atoms with van der Waals surface area (Å²) in [5.74, 6) is -0.171. The van der Waals surface area contributed by atoms with Gasteiger partial charge in [0.1, 0.15) is 5.82 Å². The number of aromatic carboxylic acids is 1. The molecule has 0 atom stereocenters. The minimum Gasteiger partial charge on any atom is -0.478 e. The number of rotatable bonds is 2. The number of carboxylic acid groups (broad SMARTS) is 1. The van der Waals surface area contributed by atoms with Crippen molar-refractivity contribution in [2.24, 2.45) is 0 Å². The molecule has 82 valence electrons. The van der Waals surface area contributed by atoms with E-state index in [2.05, 4.69) is 10.3 Å². The summed E-state index contributed by atoms with van der Waals surface area (Å²) in [7, 11) is 1.79. The summed E-state index contributed by atoms with van der Waals surface area (Å²) in [5, 5.41) is 13.7. The summed E-state index contributed by atoms with van der Waals surface area (Å²) in [6.07, 6.45) is 0. The Bertz CT molecular complexity index is 564. The normalized spacial score (nSPS) is 10.4. The summed E-state index contributed by atoms with van der Waals surface area (Å²) in [6.45, 7) is 1.91. The largest absolute Gasteiger partial charge is 0.478 e. The number of hydrogen-bond acceptors (Lipinski definition) is 3. The van der Waals surface area contributed by atoms with Gasteiger partial charge in [0.25, 0.3) is 0 Å². The molecule has 0 spiro atoms. The van der Waals surface area contributed by atoms with E-state index in [0.29, 0.717) is 5.56 Å². The second kappa shape index (κ2) is 3.81. The molecule has 0 aliphatic carbocycles. The first-order chi connectivity index (χ1) is 7.61. The molecule has 1 aromatic heterocycles. The van der Waals surface area contributed by atoms with Crippen LogP contribution in [0.4, 0.5) is 5.82 Å². The summed E-state index contributed by atoms with van der Waals surface area (Å²) in [5.41, 5.74) is 1.18. The van der Waals surface area contributed by atoms with E-state index < -0.39 is 5.97 Å². The number of benzene rings is 1. The number of aryl methyl sites for hydroxylation is 1. The highest BCUT2D eigenvalue weighted by Crippen LogP contribution is 2.21. The van der Waals surface area contributed by atoms with Gasteiger partial charge in [0.15, 0.2) is 0 Å². The molecular weight excluding hydrogens is 204 g/mol. The van der Waals surface area contributed by atoms with E-state index in [1.807, 2.05) is 13.0 Å². The highest BCUT2D eigenvalue weighted by Gasteiger charge is 2.06. The van der Waals surface area contributed by atoms with Crippen LogP contribution in [0.5, 0.6) is 0 Å². The molecule has 16 heavy (non-hydrogen) atoms. The van der Waals surface area contributed by atoms with Crippen LogP contribution >= 0.6 is 0 Å². The lowest BCUT2D eigenvalue weighted by Gasteiger charge is -2.06. The topological polar surface area (TPSA) is 62.2 Å². The summed E-state index contributed by atoms with van der Waals surface area (Å²) >= 11 is 0. The van der Waals surface area contributed by atoms with Gasteiger partial charge >= 0.3 is 5.97 Å². The molecule has 1 aromatic carbocycles. The van der Waals surface area contributed by atoms with Crippen molar-refractivity contribution in [2.45, 2.75) is 6.92 Å². The Morgan fingerprint density at radius 1 is 1.38 bits per heavy atom. The number of fused-ring (bicyclic) bond motifs is 1. The van der Waals surface area contributed by atoms with Crippen LogP contribution in [0.2, 0.25) is 0 Å². The minimum absolute atomic E-state index is 0.292. The average Bonchev–Trinajstić information content (AvgIpc) is 2.28. The van der Waals surface area contributed by atoms with Gasteiger partial charge in [-0.05, 0) is 30.5 Å². The van der Waals surface area contributed by atoms with E-state index in [1.165, 1.54) is 0 Å². The molecule has 0 amide bonds. The predicted molar refractivity (Wildman–Crippen MR) is 63.0 cm³/mol. The Hall–Kier alpha value is -2.10. The lowest BCUT2D eigenvalue weighted by Crippen LogP contribution is -1.98. The first-order valence-electron chi connectivity index (χ1n) is 4.94. The monoisotopic (exact) mass is 216 g/mol. The number of hydrogen-bond donors (Lipinski definition) is 2. The third-order valence-corrected chi connectivity index (χ3v) is 2.52. The van der Waals surface area contributed by atoms with Crippen molar-refractivity contribution in [3.63, 3.8) is 0 Å². The Morgan fingerprint density at radius 2 is 2.12 bits per heavy atom. The number of carbonyl (C=O) groups is 1. The molecule has 0 radical (unpaired) electrons. The number of anilines is 1. The fourth-order valence-electron chi connectivity index (χ4n) is 1.69. The molecule has 0 saturated heterocycles. The molecular formula is C12H12N2O2. The van der Waals surface area contributed by atoms with Gasteiger partial charge in [0.2, 0.25) is 0 Å². The molecule has 0 fully saturated rings. The van der Waals surface area contributed by atoms with Crippen molar-refractivity contribution in [2.75, 3.05) is 12.4 Å². The van der Waals surface area contributed by atoms with Crippen molar-refractivity contribution >= 4 is 22.6 Å². The lowest BCUT2D eigenvalue weighted by molar-refractivity contribution is 0.0697. The van der Waals surface area contributed by atoms with Crippen LogP contribution in [0.1, 0.15) is 16.1 Å². The van der Waals surface area contributed by atoms with Gasteiger partial charge in [0.05, 0.1) is 5.56 Å². The maximum absolute atomic E-state index is 10.9. The van der Waals surface area contributed by atoms with Gasteiger partial charge in [-0.1, -0.05) is 6.07 Å². The minimum atomic E-state index is -0.914. The van der Waals surface area contributed by atoms with Gasteiger partial charge in [-0.3, -0.25) is 0 Å². The predicted octanol–water partition coefficient (Wildman–Crippen LogP) is 2.28. The van der Waals surface area contributed by atoms with Crippen molar-refractivity contribution < 1.29 is 9.90 Å². The average molecular weight is 216 g/mol. The van der Waals surface area contributed by atoms with Crippen LogP contribution in [0, 0.1) is 6.92 Å². The molecule has 2 rings (SSSR count). The summed E-state index contributed by atoms with van der Waals surface area (Å²) in [4.78, 5) is 15.2. The fourth-order valence-corrected chi connectivity index (χ4v) is 1.69. The maximum atomic E-state index is 10.9. The van der Waals surface area contributed by atoms with Crippen LogP contribution in [-0.4, -0.2) is 23.1 Å². The quantitative estimate of drug-likeness (QED) is 0.808. The highest BCUT2D eigenvalue weighted by atomic mass is 16.4. The molecule has 0 bridgehead atoms. The molecule has 4 nitrogen and oxygen atoms in total. The van der Waals surface area contributed by atoms with Crippen molar-refractivity contribution in [1.29, 1.82) is 0 Å². The van der Waals surface area contributed by atoms with E-state index in [-0.39, 0.29) is 0 Å². The number of pyridine rings is 1. The van der Waals surface area contributed by atoms with Gasteiger partial charge in [0, 0.05) is 18.1 Å². The van der Waals surface area contributed by atoms with E-state index in [1.54, 1.807) is 25.2 Å². The van der Waals surface area contributed by atoms with Crippen LogP contribution in [0.3, 0.4) is 0 Å². The first kappa shape index (κ1) is 10.4. The third kappa shape index (κ3) is 1.69. The Balaban J connectivity index is 2.71. The zero-order valence-corrected chi connectivity index (χ0v) is 9.11. The zero-order chi connectivity index (χ0) is 11.7. The third-order valence-electron chi connectivity index (χ3n) is 2.52. The molecule has 0 aliphatic rings. The van der Waals surface area contributed by atoms with Crippen LogP contribution in [0.25, 0.3) is 10.8 Å². The first-order valence-corrected chi connectivity index (χ1v) is 4.94. The fraction of sp³-hybridized carbons (Fsp3) is 0.167. The van der Waals surface area contributed by atoms with Crippen molar-refractivity contribution in [3.05, 3.63) is 35.5 Å². The smallest absolute Gasteiger partial charge is 0.335 e. The summed E-state index contributed by atoms with van der Waals surface area (Å²) in [6, 6.07) is 6.89. The Kier molecular flexibility index (Phi) is 2.48. The molecule has 2 N–H and O–H groups in total. The molecule has 0 saturated carbocycles. The summed E-state index contributed by atoms with van der Waals surface area (Å²) < 4.78 is 0. The van der Waals surface area contributed by atoms with Crippen molar-refractivity contribution in [1.82, 2.24) is 4.98 Å². The van der Waals surface area contributed by atoms with Crippen LogP contribution in [-0.2, 0) is 0 Å². The van der Waals surface area contributed by atoms with E-state index in [9.17, 15) is 4.79 Å². The Morgan fingerprint density at radius 3 is 2.75 bits per heavy atom. The molecule has 1 heterocycles. The second-order valence-electron chi connectivity index (χ2n) is 3.58. The number of aromatic nitrogens is 1. The van der Waals surface area contributed by atoms with Gasteiger partial charge in [-0.25, -0.2) is 9.78 Å². The SMILES string of the molecule is CNc1cc2cc(C(=O)O)ccc2c(C)n1. The maximum Gasteiger partial charge on any atom is 0.335 e. The second-order valence-corrected chi connectivity index (χ2v) is 3.58. The lowest BCUT2D eigenvalue weighted by atomic mass is 10.1. The van der Waals surface area contributed by atoms with E-state index in [0.717, 1.165) is 22.3 Å². The van der Waals surface area contributed by atoms with E-state index >= 15 is 0 Å². The van der Waals surface area contributed by atoms with Crippen LogP contribution in [0.15, 0.2) is 24.3 Å². The molecule has 4 heteroatoms.